The number of imidazole rings is 1. The van der Waals surface area contributed by atoms with Crippen LogP contribution in [0.1, 0.15) is 18.9 Å². The van der Waals surface area contributed by atoms with Crippen LogP contribution >= 0.6 is 0 Å². The zero-order chi connectivity index (χ0) is 18.5. The molecule has 0 spiro atoms. The number of carbonyl (C=O) groups is 1. The maximum Gasteiger partial charge on any atom is 0.336 e. The number of hydrogen-bond acceptors (Lipinski definition) is 5. The first-order valence-electron chi connectivity index (χ1n) is 8.47. The van der Waals surface area contributed by atoms with Gasteiger partial charge in [-0.2, -0.15) is 0 Å². The second-order valence-electron chi connectivity index (χ2n) is 6.11. The molecule has 1 atom stereocenters. The number of nitrogens with zero attached hydrogens (tertiary/aromatic N) is 2. The number of carbonyl (C=O) groups excluding carboxylic acids is 1. The highest BCUT2D eigenvalue weighted by atomic mass is 16.5. The number of aryl methyl sites for hydroxylation is 2. The van der Waals surface area contributed by atoms with Crippen molar-refractivity contribution in [2.45, 2.75) is 32.9 Å². The molecule has 0 radical (unpaired) electrons. The number of rotatable bonds is 7. The van der Waals surface area contributed by atoms with E-state index in [1.54, 1.807) is 31.6 Å². The normalized spacial score (nSPS) is 12.1. The largest absolute Gasteiger partial charge is 0.481 e. The third-order valence-corrected chi connectivity index (χ3v) is 4.06. The van der Waals surface area contributed by atoms with Gasteiger partial charge in [-0.1, -0.05) is 0 Å². The molecule has 3 aromatic rings. The summed E-state index contributed by atoms with van der Waals surface area (Å²) in [7, 11) is 0. The van der Waals surface area contributed by atoms with Gasteiger partial charge in [-0.25, -0.2) is 9.78 Å². The molecule has 0 saturated heterocycles. The van der Waals surface area contributed by atoms with Crippen LogP contribution in [0.15, 0.2) is 52.2 Å². The Morgan fingerprint density at radius 2 is 2.23 bits per heavy atom. The predicted molar refractivity (Wildman–Crippen MR) is 97.2 cm³/mol. The molecule has 1 N–H and O–H groups in total. The zero-order valence-electron chi connectivity index (χ0n) is 14.8. The molecule has 1 amide bonds. The van der Waals surface area contributed by atoms with Gasteiger partial charge < -0.3 is 19.0 Å². The molecule has 0 bridgehead atoms. The maximum atomic E-state index is 12.2. The summed E-state index contributed by atoms with van der Waals surface area (Å²) < 4.78 is 12.8. The first-order chi connectivity index (χ1) is 12.5. The van der Waals surface area contributed by atoms with Gasteiger partial charge >= 0.3 is 5.63 Å². The number of hydrogen-bond donors (Lipinski definition) is 1. The Kier molecular flexibility index (Phi) is 5.36. The van der Waals surface area contributed by atoms with Gasteiger partial charge in [0.25, 0.3) is 5.91 Å². The van der Waals surface area contributed by atoms with E-state index in [1.165, 1.54) is 6.07 Å². The van der Waals surface area contributed by atoms with Crippen molar-refractivity contribution in [3.63, 3.8) is 0 Å². The van der Waals surface area contributed by atoms with E-state index in [-0.39, 0.29) is 5.91 Å². The molecule has 0 aliphatic carbocycles. The summed E-state index contributed by atoms with van der Waals surface area (Å²) in [5.41, 5.74) is 0.878. The summed E-state index contributed by atoms with van der Waals surface area (Å²) in [5.74, 6) is 0.286. The molecule has 7 nitrogen and oxygen atoms in total. The average Bonchev–Trinajstić information content (AvgIpc) is 3.11. The fraction of sp³-hybridized carbons (Fsp3) is 0.316. The van der Waals surface area contributed by atoms with Gasteiger partial charge in [-0.15, -0.1) is 0 Å². The van der Waals surface area contributed by atoms with E-state index in [2.05, 4.69) is 10.3 Å². The van der Waals surface area contributed by atoms with Gasteiger partial charge in [0.05, 0.1) is 6.33 Å². The Hall–Kier alpha value is -3.09. The molecule has 2 heterocycles. The molecule has 0 saturated carbocycles. The van der Waals surface area contributed by atoms with Crippen LogP contribution in [0.3, 0.4) is 0 Å². The van der Waals surface area contributed by atoms with Crippen LogP contribution < -0.4 is 15.7 Å². The number of amides is 1. The number of nitrogens with one attached hydrogen (secondary N) is 1. The van der Waals surface area contributed by atoms with Crippen molar-refractivity contribution in [1.29, 1.82) is 0 Å². The van der Waals surface area contributed by atoms with E-state index in [9.17, 15) is 9.59 Å². The monoisotopic (exact) mass is 355 g/mol. The number of fused-ring (bicyclic) bond motifs is 1. The van der Waals surface area contributed by atoms with Crippen LogP contribution in [0.25, 0.3) is 11.0 Å². The van der Waals surface area contributed by atoms with Gasteiger partial charge in [0, 0.05) is 43.0 Å². The molecule has 3 rings (SSSR count). The van der Waals surface area contributed by atoms with Gasteiger partial charge in [0.15, 0.2) is 6.10 Å². The lowest BCUT2D eigenvalue weighted by atomic mass is 10.1. The molecule has 2 aromatic heterocycles. The number of benzene rings is 1. The quantitative estimate of drug-likeness (QED) is 0.519. The second-order valence-corrected chi connectivity index (χ2v) is 6.11. The molecular formula is C19H21N3O4. The Morgan fingerprint density at radius 3 is 3.00 bits per heavy atom. The standard InChI is InChI=1S/C19H21N3O4/c1-13-10-18(23)26-17-11-15(4-5-16(13)17)25-14(2)19(24)21-6-3-8-22-9-7-20-12-22/h4-5,7,9-12,14H,3,6,8H2,1-2H3,(H,21,24)/t14-/m0/s1. The van der Waals surface area contributed by atoms with E-state index in [4.69, 9.17) is 9.15 Å². The fourth-order valence-corrected chi connectivity index (χ4v) is 2.67. The highest BCUT2D eigenvalue weighted by Crippen LogP contribution is 2.22. The summed E-state index contributed by atoms with van der Waals surface area (Å²) in [6.45, 7) is 4.87. The van der Waals surface area contributed by atoms with Crippen LogP contribution in [0.4, 0.5) is 0 Å². The molecule has 0 fully saturated rings. The average molecular weight is 355 g/mol. The molecule has 0 aliphatic rings. The van der Waals surface area contributed by atoms with E-state index in [0.717, 1.165) is 23.9 Å². The first kappa shape index (κ1) is 17.7. The fourth-order valence-electron chi connectivity index (χ4n) is 2.67. The molecule has 7 heteroatoms. The highest BCUT2D eigenvalue weighted by Gasteiger charge is 2.14. The molecule has 136 valence electrons. The molecule has 0 aliphatic heterocycles. The molecule has 26 heavy (non-hydrogen) atoms. The summed E-state index contributed by atoms with van der Waals surface area (Å²) >= 11 is 0. The summed E-state index contributed by atoms with van der Waals surface area (Å²) in [6, 6.07) is 6.66. The number of aromatic nitrogens is 2. The van der Waals surface area contributed by atoms with E-state index < -0.39 is 11.7 Å². The topological polar surface area (TPSA) is 86.4 Å². The van der Waals surface area contributed by atoms with E-state index in [1.807, 2.05) is 23.8 Å². The third-order valence-electron chi connectivity index (χ3n) is 4.06. The van der Waals surface area contributed by atoms with Gasteiger partial charge in [0.2, 0.25) is 0 Å². The van der Waals surface area contributed by atoms with E-state index in [0.29, 0.717) is 17.9 Å². The second kappa shape index (κ2) is 7.86. The molecule has 1 aromatic carbocycles. The van der Waals surface area contributed by atoms with Gasteiger partial charge in [-0.3, -0.25) is 4.79 Å². The Labute approximate surface area is 150 Å². The third kappa shape index (κ3) is 4.30. The molecular weight excluding hydrogens is 334 g/mol. The lowest BCUT2D eigenvalue weighted by Crippen LogP contribution is -2.37. The van der Waals surface area contributed by atoms with Crippen molar-refractivity contribution in [2.24, 2.45) is 0 Å². The predicted octanol–water partition coefficient (Wildman–Crippen LogP) is 2.27. The zero-order valence-corrected chi connectivity index (χ0v) is 14.8. The Balaban J connectivity index is 1.55. The lowest BCUT2D eigenvalue weighted by Gasteiger charge is -2.15. The van der Waals surface area contributed by atoms with Crippen molar-refractivity contribution >= 4 is 16.9 Å². The number of ether oxygens (including phenoxy) is 1. The van der Waals surface area contributed by atoms with Crippen LogP contribution in [0.5, 0.6) is 5.75 Å². The smallest absolute Gasteiger partial charge is 0.336 e. The van der Waals surface area contributed by atoms with Crippen LogP contribution in [-0.4, -0.2) is 28.1 Å². The van der Waals surface area contributed by atoms with Crippen molar-refractivity contribution in [3.05, 3.63) is 59.0 Å². The van der Waals surface area contributed by atoms with E-state index >= 15 is 0 Å². The minimum atomic E-state index is -0.655. The summed E-state index contributed by atoms with van der Waals surface area (Å²) in [6.07, 6.45) is 5.50. The van der Waals surface area contributed by atoms with Gasteiger partial charge in [-0.05, 0) is 38.0 Å². The van der Waals surface area contributed by atoms with Crippen LogP contribution in [0.2, 0.25) is 0 Å². The highest BCUT2D eigenvalue weighted by molar-refractivity contribution is 5.82. The Bertz CT molecular complexity index is 947. The van der Waals surface area contributed by atoms with Crippen molar-refractivity contribution < 1.29 is 13.9 Å². The van der Waals surface area contributed by atoms with Gasteiger partial charge in [0.1, 0.15) is 11.3 Å². The summed E-state index contributed by atoms with van der Waals surface area (Å²) in [5, 5.41) is 3.69. The first-order valence-corrected chi connectivity index (χ1v) is 8.47. The lowest BCUT2D eigenvalue weighted by molar-refractivity contribution is -0.127. The SMILES string of the molecule is Cc1cc(=O)oc2cc(O[C@@H](C)C(=O)NCCCn3ccnc3)ccc12. The minimum Gasteiger partial charge on any atom is -0.481 e. The van der Waals surface area contributed by atoms with Crippen LogP contribution in [-0.2, 0) is 11.3 Å². The van der Waals surface area contributed by atoms with Crippen molar-refractivity contribution in [1.82, 2.24) is 14.9 Å². The van der Waals surface area contributed by atoms with Crippen molar-refractivity contribution in [2.75, 3.05) is 6.54 Å². The van der Waals surface area contributed by atoms with Crippen molar-refractivity contribution in [3.8, 4) is 5.75 Å². The molecule has 0 unspecified atom stereocenters. The maximum absolute atomic E-state index is 12.2. The van der Waals surface area contributed by atoms with Crippen LogP contribution in [0, 0.1) is 6.92 Å². The summed E-state index contributed by atoms with van der Waals surface area (Å²) in [4.78, 5) is 27.6. The Morgan fingerprint density at radius 1 is 1.38 bits per heavy atom. The minimum absolute atomic E-state index is 0.193.